The summed E-state index contributed by atoms with van der Waals surface area (Å²) in [5.41, 5.74) is 0.836. The summed E-state index contributed by atoms with van der Waals surface area (Å²) < 4.78 is 5.75. The van der Waals surface area contributed by atoms with Crippen molar-refractivity contribution in [2.75, 3.05) is 19.0 Å². The number of hydrogen-bond acceptors (Lipinski definition) is 6. The lowest BCUT2D eigenvalue weighted by Crippen LogP contribution is -2.13. The highest BCUT2D eigenvalue weighted by atomic mass is 35.5. The summed E-state index contributed by atoms with van der Waals surface area (Å²) >= 11 is 5.90. The van der Waals surface area contributed by atoms with Gasteiger partial charge < -0.3 is 9.64 Å². The van der Waals surface area contributed by atoms with Crippen molar-refractivity contribution in [3.63, 3.8) is 0 Å². The first-order valence-electron chi connectivity index (χ1n) is 6.24. The van der Waals surface area contributed by atoms with E-state index in [-0.39, 0.29) is 11.3 Å². The molecule has 0 unspecified atom stereocenters. The van der Waals surface area contributed by atoms with Crippen LogP contribution in [0.1, 0.15) is 0 Å². The molecule has 0 saturated carbocycles. The highest BCUT2D eigenvalue weighted by Crippen LogP contribution is 2.27. The third kappa shape index (κ3) is 2.85. The van der Waals surface area contributed by atoms with Gasteiger partial charge in [0.25, 0.3) is 0 Å². The predicted octanol–water partition coefficient (Wildman–Crippen LogP) is 2.93. The summed E-state index contributed by atoms with van der Waals surface area (Å²) in [7, 11) is 3.63. The number of halogens is 1. The van der Waals surface area contributed by atoms with Crippen molar-refractivity contribution >= 4 is 28.5 Å². The number of pyridine rings is 1. The van der Waals surface area contributed by atoms with Gasteiger partial charge >= 0.3 is 6.01 Å². The Balaban J connectivity index is 2.03. The van der Waals surface area contributed by atoms with E-state index in [2.05, 4.69) is 19.9 Å². The van der Waals surface area contributed by atoms with Crippen LogP contribution in [0, 0.1) is 0 Å². The van der Waals surface area contributed by atoms with Crippen LogP contribution >= 0.6 is 11.6 Å². The molecule has 3 rings (SSSR count). The minimum absolute atomic E-state index is 0.0852. The van der Waals surface area contributed by atoms with Crippen molar-refractivity contribution in [2.45, 2.75) is 0 Å². The van der Waals surface area contributed by atoms with Gasteiger partial charge in [-0.3, -0.25) is 4.98 Å². The Labute approximate surface area is 126 Å². The standard InChI is InChI=1S/C14H12ClN5O/c1-20(2)13-17-12(15)18-14(19-13)21-11-7-3-6-10-9(11)5-4-8-16-10/h3-8H,1-2H3. The van der Waals surface area contributed by atoms with Crippen molar-refractivity contribution in [3.05, 3.63) is 41.8 Å². The maximum Gasteiger partial charge on any atom is 0.328 e. The summed E-state index contributed by atoms with van der Waals surface area (Å²) in [4.78, 5) is 18.2. The van der Waals surface area contributed by atoms with Crippen molar-refractivity contribution < 1.29 is 4.74 Å². The molecule has 2 heterocycles. The van der Waals surface area contributed by atoms with E-state index in [1.165, 1.54) is 0 Å². The van der Waals surface area contributed by atoms with Crippen LogP contribution < -0.4 is 9.64 Å². The summed E-state index contributed by atoms with van der Waals surface area (Å²) in [6.07, 6.45) is 1.73. The number of ether oxygens (including phenoxy) is 1. The van der Waals surface area contributed by atoms with Crippen molar-refractivity contribution in [3.8, 4) is 11.8 Å². The van der Waals surface area contributed by atoms with Gasteiger partial charge in [0.15, 0.2) is 0 Å². The lowest BCUT2D eigenvalue weighted by molar-refractivity contribution is 0.444. The second kappa shape index (κ2) is 5.49. The van der Waals surface area contributed by atoms with Gasteiger partial charge in [0.2, 0.25) is 11.2 Å². The molecule has 2 aromatic heterocycles. The fraction of sp³-hybridized carbons (Fsp3) is 0.143. The number of fused-ring (bicyclic) bond motifs is 1. The third-order valence-corrected chi connectivity index (χ3v) is 2.95. The van der Waals surface area contributed by atoms with Crippen LogP contribution in [0.2, 0.25) is 5.28 Å². The molecule has 0 aliphatic rings. The molecule has 106 valence electrons. The van der Waals surface area contributed by atoms with E-state index < -0.39 is 0 Å². The summed E-state index contributed by atoms with van der Waals surface area (Å²) in [5, 5.41) is 0.963. The zero-order chi connectivity index (χ0) is 14.8. The first-order valence-corrected chi connectivity index (χ1v) is 6.62. The average Bonchev–Trinajstić information content (AvgIpc) is 2.47. The van der Waals surface area contributed by atoms with Gasteiger partial charge in [0.05, 0.1) is 5.52 Å². The number of nitrogens with zero attached hydrogens (tertiary/aromatic N) is 5. The van der Waals surface area contributed by atoms with Crippen LogP contribution in [0.4, 0.5) is 5.95 Å². The van der Waals surface area contributed by atoms with Gasteiger partial charge in [0, 0.05) is 25.7 Å². The molecular formula is C14H12ClN5O. The Kier molecular flexibility index (Phi) is 3.53. The van der Waals surface area contributed by atoms with Crippen LogP contribution in [0.25, 0.3) is 10.9 Å². The molecule has 0 saturated heterocycles. The molecule has 6 nitrogen and oxygen atoms in total. The maximum atomic E-state index is 5.90. The fourth-order valence-corrected chi connectivity index (χ4v) is 1.98. The number of benzene rings is 1. The van der Waals surface area contributed by atoms with Crippen molar-refractivity contribution in [1.82, 2.24) is 19.9 Å². The molecule has 21 heavy (non-hydrogen) atoms. The first-order chi connectivity index (χ1) is 10.1. The average molecular weight is 302 g/mol. The molecule has 1 aromatic carbocycles. The molecule has 0 atom stereocenters. The van der Waals surface area contributed by atoms with E-state index in [0.29, 0.717) is 11.7 Å². The number of anilines is 1. The van der Waals surface area contributed by atoms with Crippen LogP contribution in [0.5, 0.6) is 11.8 Å². The van der Waals surface area contributed by atoms with Gasteiger partial charge in [-0.15, -0.1) is 0 Å². The molecular weight excluding hydrogens is 290 g/mol. The fourth-order valence-electron chi connectivity index (χ4n) is 1.83. The summed E-state index contributed by atoms with van der Waals surface area (Å²) in [5.74, 6) is 1.05. The third-order valence-electron chi connectivity index (χ3n) is 2.78. The Morgan fingerprint density at radius 3 is 2.71 bits per heavy atom. The topological polar surface area (TPSA) is 64.0 Å². The van der Waals surface area contributed by atoms with Crippen LogP contribution in [-0.4, -0.2) is 34.0 Å². The molecule has 0 bridgehead atoms. The Morgan fingerprint density at radius 1 is 1.05 bits per heavy atom. The molecule has 7 heteroatoms. The summed E-state index contributed by atoms with van der Waals surface area (Å²) in [6.45, 7) is 0. The SMILES string of the molecule is CN(C)c1nc(Cl)nc(Oc2cccc3ncccc23)n1. The highest BCUT2D eigenvalue weighted by Gasteiger charge is 2.10. The monoisotopic (exact) mass is 301 g/mol. The number of aromatic nitrogens is 4. The predicted molar refractivity (Wildman–Crippen MR) is 81.0 cm³/mol. The highest BCUT2D eigenvalue weighted by molar-refractivity contribution is 6.28. The largest absolute Gasteiger partial charge is 0.423 e. The maximum absolute atomic E-state index is 5.90. The second-order valence-corrected chi connectivity index (χ2v) is 4.85. The molecule has 0 N–H and O–H groups in total. The van der Waals surface area contributed by atoms with Crippen LogP contribution in [0.3, 0.4) is 0 Å². The lowest BCUT2D eigenvalue weighted by Gasteiger charge is -2.11. The van der Waals surface area contributed by atoms with Gasteiger partial charge in [-0.2, -0.15) is 15.0 Å². The zero-order valence-corrected chi connectivity index (χ0v) is 12.2. The van der Waals surface area contributed by atoms with Crippen LogP contribution in [-0.2, 0) is 0 Å². The number of hydrogen-bond donors (Lipinski definition) is 0. The van der Waals surface area contributed by atoms with Gasteiger partial charge in [-0.1, -0.05) is 6.07 Å². The molecule has 0 amide bonds. The molecule has 0 fully saturated rings. The van der Waals surface area contributed by atoms with Crippen molar-refractivity contribution in [1.29, 1.82) is 0 Å². The van der Waals surface area contributed by atoms with Gasteiger partial charge in [-0.25, -0.2) is 0 Å². The number of rotatable bonds is 3. The Bertz CT molecular complexity index is 788. The van der Waals surface area contributed by atoms with E-state index in [4.69, 9.17) is 16.3 Å². The Morgan fingerprint density at radius 2 is 1.90 bits per heavy atom. The van der Waals surface area contributed by atoms with E-state index in [9.17, 15) is 0 Å². The molecule has 0 aliphatic heterocycles. The van der Waals surface area contributed by atoms with Gasteiger partial charge in [0.1, 0.15) is 5.75 Å². The molecule has 3 aromatic rings. The van der Waals surface area contributed by atoms with E-state index in [1.54, 1.807) is 11.1 Å². The van der Waals surface area contributed by atoms with Crippen LogP contribution in [0.15, 0.2) is 36.5 Å². The van der Waals surface area contributed by atoms with E-state index in [0.717, 1.165) is 10.9 Å². The minimum atomic E-state index is 0.0852. The summed E-state index contributed by atoms with van der Waals surface area (Å²) in [6, 6.07) is 9.52. The quantitative estimate of drug-likeness (QED) is 0.741. The normalized spacial score (nSPS) is 10.6. The smallest absolute Gasteiger partial charge is 0.328 e. The first kappa shape index (κ1) is 13.5. The van der Waals surface area contributed by atoms with E-state index in [1.807, 2.05) is 44.4 Å². The molecule has 0 radical (unpaired) electrons. The van der Waals surface area contributed by atoms with Gasteiger partial charge in [-0.05, 0) is 35.9 Å². The minimum Gasteiger partial charge on any atom is -0.423 e. The van der Waals surface area contributed by atoms with Crippen molar-refractivity contribution in [2.24, 2.45) is 0 Å². The second-order valence-electron chi connectivity index (χ2n) is 4.51. The Hall–Kier alpha value is -2.47. The lowest BCUT2D eigenvalue weighted by atomic mass is 10.2. The zero-order valence-electron chi connectivity index (χ0n) is 11.5. The molecule has 0 aliphatic carbocycles. The van der Waals surface area contributed by atoms with E-state index >= 15 is 0 Å². The molecule has 0 spiro atoms.